The second kappa shape index (κ2) is 4.51. The van der Waals surface area contributed by atoms with Crippen LogP contribution >= 0.6 is 0 Å². The summed E-state index contributed by atoms with van der Waals surface area (Å²) in [5.74, 6) is -0.964. The normalized spacial score (nSPS) is 14.2. The SMILES string of the molecule is Cn1nc(-c2cccc3c2CCOC3)cc1C(=O)O. The van der Waals surface area contributed by atoms with Crippen LogP contribution in [0.25, 0.3) is 11.3 Å². The predicted molar refractivity (Wildman–Crippen MR) is 69.0 cm³/mol. The number of nitrogens with zero attached hydrogens (tertiary/aromatic N) is 2. The third-order valence-electron chi connectivity index (χ3n) is 3.40. The number of carboxylic acid groups (broad SMARTS) is 1. The molecule has 0 unspecified atom stereocenters. The average molecular weight is 258 g/mol. The maximum atomic E-state index is 11.1. The van der Waals surface area contributed by atoms with Gasteiger partial charge in [-0.05, 0) is 23.6 Å². The second-order valence-electron chi connectivity index (χ2n) is 4.59. The minimum atomic E-state index is -0.964. The van der Waals surface area contributed by atoms with Gasteiger partial charge in [0.2, 0.25) is 0 Å². The Morgan fingerprint density at radius 2 is 2.32 bits per heavy atom. The molecule has 5 heteroatoms. The molecular formula is C14H14N2O3. The molecule has 2 aromatic rings. The van der Waals surface area contributed by atoms with Crippen LogP contribution in [0.2, 0.25) is 0 Å². The zero-order chi connectivity index (χ0) is 13.4. The van der Waals surface area contributed by atoms with Gasteiger partial charge in [0.15, 0.2) is 0 Å². The zero-order valence-electron chi connectivity index (χ0n) is 10.6. The smallest absolute Gasteiger partial charge is 0.354 e. The van der Waals surface area contributed by atoms with E-state index in [4.69, 9.17) is 9.84 Å². The number of fused-ring (bicyclic) bond motifs is 1. The first-order chi connectivity index (χ1) is 9.16. The summed E-state index contributed by atoms with van der Waals surface area (Å²) in [5, 5.41) is 13.4. The molecule has 1 aromatic heterocycles. The number of hydrogen-bond acceptors (Lipinski definition) is 3. The summed E-state index contributed by atoms with van der Waals surface area (Å²) in [7, 11) is 1.64. The number of benzene rings is 1. The number of aromatic nitrogens is 2. The van der Waals surface area contributed by atoms with E-state index in [1.54, 1.807) is 13.1 Å². The molecule has 0 fully saturated rings. The lowest BCUT2D eigenvalue weighted by atomic mass is 9.95. The van der Waals surface area contributed by atoms with Crippen molar-refractivity contribution >= 4 is 5.97 Å². The Morgan fingerprint density at radius 1 is 1.47 bits per heavy atom. The van der Waals surface area contributed by atoms with Crippen LogP contribution in [0.5, 0.6) is 0 Å². The molecule has 1 aliphatic heterocycles. The largest absolute Gasteiger partial charge is 0.477 e. The van der Waals surface area contributed by atoms with Gasteiger partial charge in [0.25, 0.3) is 0 Å². The van der Waals surface area contributed by atoms with E-state index in [0.717, 1.165) is 17.5 Å². The van der Waals surface area contributed by atoms with Crippen LogP contribution in [0.15, 0.2) is 24.3 Å². The molecule has 0 amide bonds. The number of hydrogen-bond donors (Lipinski definition) is 1. The Labute approximate surface area is 110 Å². The van der Waals surface area contributed by atoms with Crippen LogP contribution in [0.4, 0.5) is 0 Å². The summed E-state index contributed by atoms with van der Waals surface area (Å²) in [6, 6.07) is 7.60. The molecule has 5 nitrogen and oxygen atoms in total. The Hall–Kier alpha value is -2.14. The van der Waals surface area contributed by atoms with Crippen molar-refractivity contribution < 1.29 is 14.6 Å². The summed E-state index contributed by atoms with van der Waals surface area (Å²) >= 11 is 0. The van der Waals surface area contributed by atoms with Crippen LogP contribution < -0.4 is 0 Å². The number of aryl methyl sites for hydroxylation is 1. The first kappa shape index (κ1) is 11.9. The predicted octanol–water partition coefficient (Wildman–Crippen LogP) is 1.86. The first-order valence-electron chi connectivity index (χ1n) is 6.13. The van der Waals surface area contributed by atoms with Crippen molar-refractivity contribution in [2.45, 2.75) is 13.0 Å². The van der Waals surface area contributed by atoms with E-state index in [1.165, 1.54) is 10.2 Å². The van der Waals surface area contributed by atoms with Gasteiger partial charge >= 0.3 is 5.97 Å². The third-order valence-corrected chi connectivity index (χ3v) is 3.40. The molecule has 0 saturated heterocycles. The molecule has 0 aliphatic carbocycles. The molecule has 1 aliphatic rings. The molecule has 0 bridgehead atoms. The van der Waals surface area contributed by atoms with Crippen LogP contribution in [0.1, 0.15) is 21.6 Å². The van der Waals surface area contributed by atoms with Gasteiger partial charge in [0.1, 0.15) is 5.69 Å². The van der Waals surface area contributed by atoms with E-state index < -0.39 is 5.97 Å². The molecule has 0 radical (unpaired) electrons. The van der Waals surface area contributed by atoms with Crippen molar-refractivity contribution in [3.63, 3.8) is 0 Å². The van der Waals surface area contributed by atoms with Crippen molar-refractivity contribution in [1.82, 2.24) is 9.78 Å². The molecule has 2 heterocycles. The standard InChI is InChI=1S/C14H14N2O3/c1-16-13(14(17)18)7-12(15-16)11-4-2-3-9-8-19-6-5-10(9)11/h2-4,7H,5-6,8H2,1H3,(H,17,18). The minimum Gasteiger partial charge on any atom is -0.477 e. The molecule has 3 rings (SSSR count). The summed E-state index contributed by atoms with van der Waals surface area (Å²) in [5.41, 5.74) is 4.28. The van der Waals surface area contributed by atoms with E-state index in [9.17, 15) is 4.79 Å². The molecule has 98 valence electrons. The number of rotatable bonds is 2. The Morgan fingerprint density at radius 3 is 3.05 bits per heavy atom. The lowest BCUT2D eigenvalue weighted by molar-refractivity contribution is 0.0685. The van der Waals surface area contributed by atoms with Crippen LogP contribution in [0.3, 0.4) is 0 Å². The van der Waals surface area contributed by atoms with Gasteiger partial charge in [0, 0.05) is 12.6 Å². The van der Waals surface area contributed by atoms with Gasteiger partial charge in [-0.1, -0.05) is 18.2 Å². The van der Waals surface area contributed by atoms with Crippen molar-refractivity contribution in [1.29, 1.82) is 0 Å². The summed E-state index contributed by atoms with van der Waals surface area (Å²) < 4.78 is 6.83. The maximum Gasteiger partial charge on any atom is 0.354 e. The molecule has 0 spiro atoms. The Balaban J connectivity index is 2.12. The maximum absolute atomic E-state index is 11.1. The van der Waals surface area contributed by atoms with Gasteiger partial charge in [0.05, 0.1) is 18.9 Å². The second-order valence-corrected chi connectivity index (χ2v) is 4.59. The number of aromatic carboxylic acids is 1. The minimum absolute atomic E-state index is 0.194. The highest BCUT2D eigenvalue weighted by molar-refractivity contribution is 5.87. The van der Waals surface area contributed by atoms with E-state index in [2.05, 4.69) is 5.10 Å². The van der Waals surface area contributed by atoms with E-state index in [0.29, 0.717) is 18.9 Å². The van der Waals surface area contributed by atoms with Crippen LogP contribution in [-0.2, 0) is 24.8 Å². The molecule has 19 heavy (non-hydrogen) atoms. The highest BCUT2D eigenvalue weighted by Gasteiger charge is 2.18. The van der Waals surface area contributed by atoms with Crippen molar-refractivity contribution in [3.8, 4) is 11.3 Å². The zero-order valence-corrected chi connectivity index (χ0v) is 10.6. The highest BCUT2D eigenvalue weighted by atomic mass is 16.5. The lowest BCUT2D eigenvalue weighted by Crippen LogP contribution is -2.11. The summed E-state index contributed by atoms with van der Waals surface area (Å²) in [4.78, 5) is 11.1. The van der Waals surface area contributed by atoms with Crippen molar-refractivity contribution in [3.05, 3.63) is 41.1 Å². The first-order valence-corrected chi connectivity index (χ1v) is 6.13. The highest BCUT2D eigenvalue weighted by Crippen LogP contribution is 2.29. The average Bonchev–Trinajstić information content (AvgIpc) is 2.80. The number of ether oxygens (including phenoxy) is 1. The van der Waals surface area contributed by atoms with Crippen LogP contribution in [0, 0.1) is 0 Å². The number of carbonyl (C=O) groups is 1. The fraction of sp³-hybridized carbons (Fsp3) is 0.286. The Kier molecular flexibility index (Phi) is 2.83. The van der Waals surface area contributed by atoms with Crippen LogP contribution in [-0.4, -0.2) is 27.5 Å². The fourth-order valence-electron chi connectivity index (χ4n) is 2.46. The van der Waals surface area contributed by atoms with Crippen molar-refractivity contribution in [2.24, 2.45) is 7.05 Å². The quantitative estimate of drug-likeness (QED) is 0.893. The monoisotopic (exact) mass is 258 g/mol. The van der Waals surface area contributed by atoms with Crippen molar-refractivity contribution in [2.75, 3.05) is 6.61 Å². The molecule has 1 aromatic carbocycles. The summed E-state index contributed by atoms with van der Waals surface area (Å²) in [6.07, 6.45) is 0.838. The lowest BCUT2D eigenvalue weighted by Gasteiger charge is -2.18. The summed E-state index contributed by atoms with van der Waals surface area (Å²) in [6.45, 7) is 1.31. The molecular weight excluding hydrogens is 244 g/mol. The van der Waals surface area contributed by atoms with E-state index in [1.807, 2.05) is 18.2 Å². The van der Waals surface area contributed by atoms with Gasteiger partial charge in [-0.3, -0.25) is 4.68 Å². The topological polar surface area (TPSA) is 64.4 Å². The Bertz CT molecular complexity index is 646. The van der Waals surface area contributed by atoms with Gasteiger partial charge < -0.3 is 9.84 Å². The molecule has 1 N–H and O–H groups in total. The molecule has 0 saturated carbocycles. The van der Waals surface area contributed by atoms with Gasteiger partial charge in [-0.15, -0.1) is 0 Å². The number of carboxylic acids is 1. The third kappa shape index (κ3) is 2.02. The van der Waals surface area contributed by atoms with E-state index >= 15 is 0 Å². The van der Waals surface area contributed by atoms with E-state index in [-0.39, 0.29) is 5.69 Å². The van der Waals surface area contributed by atoms with Gasteiger partial charge in [-0.25, -0.2) is 4.79 Å². The molecule has 0 atom stereocenters. The fourth-order valence-corrected chi connectivity index (χ4v) is 2.46. The van der Waals surface area contributed by atoms with Gasteiger partial charge in [-0.2, -0.15) is 5.10 Å².